The Labute approximate surface area is 151 Å². The Morgan fingerprint density at radius 1 is 1.27 bits per heavy atom. The van der Waals surface area contributed by atoms with Crippen molar-refractivity contribution in [2.45, 2.75) is 18.4 Å². The van der Waals surface area contributed by atoms with Crippen molar-refractivity contribution in [2.75, 3.05) is 19.9 Å². The van der Waals surface area contributed by atoms with Crippen LogP contribution in [0.3, 0.4) is 0 Å². The highest BCUT2D eigenvalue weighted by Crippen LogP contribution is 2.33. The molecule has 3 rings (SSSR count). The molecule has 9 heteroatoms. The summed E-state index contributed by atoms with van der Waals surface area (Å²) in [5, 5.41) is 0. The maximum Gasteiger partial charge on any atom is 0.240 e. The number of carbonyl (C=O) groups is 1. The van der Waals surface area contributed by atoms with E-state index in [1.165, 1.54) is 19.1 Å². The molecule has 0 spiro atoms. The van der Waals surface area contributed by atoms with Crippen LogP contribution in [0.4, 0.5) is 0 Å². The normalized spacial score (nSPS) is 12.8. The molecule has 0 fully saturated rings. The fourth-order valence-corrected chi connectivity index (χ4v) is 3.54. The first-order valence-electron chi connectivity index (χ1n) is 7.99. The van der Waals surface area contributed by atoms with Gasteiger partial charge in [-0.05, 0) is 23.8 Å². The number of nitrogens with one attached hydrogen (secondary N) is 1. The van der Waals surface area contributed by atoms with E-state index in [1.807, 2.05) is 6.07 Å². The molecule has 0 atom stereocenters. The molecule has 0 saturated carbocycles. The van der Waals surface area contributed by atoms with E-state index in [-0.39, 0.29) is 30.7 Å². The van der Waals surface area contributed by atoms with Crippen molar-refractivity contribution in [3.05, 3.63) is 48.3 Å². The van der Waals surface area contributed by atoms with Crippen LogP contribution in [0.1, 0.15) is 12.5 Å². The zero-order valence-electron chi connectivity index (χ0n) is 14.2. The number of amides is 1. The topological polar surface area (TPSA) is 97.8 Å². The van der Waals surface area contributed by atoms with Gasteiger partial charge in [0, 0.05) is 45.0 Å². The van der Waals surface area contributed by atoms with Gasteiger partial charge in [-0.1, -0.05) is 6.07 Å². The third-order valence-electron chi connectivity index (χ3n) is 3.87. The fourth-order valence-electron chi connectivity index (χ4n) is 2.50. The second-order valence-corrected chi connectivity index (χ2v) is 7.48. The lowest BCUT2D eigenvalue weighted by atomic mass is 10.2. The number of rotatable bonds is 7. The summed E-state index contributed by atoms with van der Waals surface area (Å²) in [6.07, 6.45) is 3.33. The second-order valence-electron chi connectivity index (χ2n) is 5.71. The Bertz CT molecular complexity index is 887. The Morgan fingerprint density at radius 2 is 2.08 bits per heavy atom. The number of fused-ring (bicyclic) bond motifs is 1. The van der Waals surface area contributed by atoms with Crippen LogP contribution in [-0.4, -0.2) is 44.1 Å². The number of carbonyl (C=O) groups excluding carboxylic acids is 1. The predicted octanol–water partition coefficient (Wildman–Crippen LogP) is 1.14. The van der Waals surface area contributed by atoms with E-state index >= 15 is 0 Å². The highest BCUT2D eigenvalue weighted by atomic mass is 32.2. The van der Waals surface area contributed by atoms with Gasteiger partial charge in [-0.25, -0.2) is 13.1 Å². The molecular weight excluding hydrogens is 358 g/mol. The van der Waals surface area contributed by atoms with Gasteiger partial charge >= 0.3 is 0 Å². The Balaban J connectivity index is 1.60. The molecule has 1 aliphatic rings. The van der Waals surface area contributed by atoms with Crippen LogP contribution >= 0.6 is 0 Å². The van der Waals surface area contributed by atoms with Crippen molar-refractivity contribution in [1.82, 2.24) is 14.6 Å². The summed E-state index contributed by atoms with van der Waals surface area (Å²) in [6, 6.07) is 8.08. The standard InChI is InChI=1S/C17H19N3O5S/c1-13(21)20(11-14-3-2-6-18-10-14)8-7-19-26(22,23)15-4-5-16-17(9-15)25-12-24-16/h2-6,9-10,19H,7-8,11-12H2,1H3. The highest BCUT2D eigenvalue weighted by Gasteiger charge is 2.20. The summed E-state index contributed by atoms with van der Waals surface area (Å²) in [4.78, 5) is 17.5. The van der Waals surface area contributed by atoms with Crippen LogP contribution in [-0.2, 0) is 21.4 Å². The predicted molar refractivity (Wildman–Crippen MR) is 93.1 cm³/mol. The summed E-state index contributed by atoms with van der Waals surface area (Å²) in [6.45, 7) is 2.23. The molecule has 1 aromatic carbocycles. The molecular formula is C17H19N3O5S. The van der Waals surface area contributed by atoms with E-state index in [1.54, 1.807) is 29.4 Å². The smallest absolute Gasteiger partial charge is 0.240 e. The van der Waals surface area contributed by atoms with Crippen LogP contribution < -0.4 is 14.2 Å². The zero-order valence-corrected chi connectivity index (χ0v) is 15.0. The first kappa shape index (κ1) is 18.2. The largest absolute Gasteiger partial charge is 0.454 e. The molecule has 0 unspecified atom stereocenters. The summed E-state index contributed by atoms with van der Waals surface area (Å²) in [7, 11) is -3.71. The van der Waals surface area contributed by atoms with Crippen molar-refractivity contribution in [2.24, 2.45) is 0 Å². The van der Waals surface area contributed by atoms with Crippen molar-refractivity contribution in [3.63, 3.8) is 0 Å². The van der Waals surface area contributed by atoms with Crippen LogP contribution in [0.5, 0.6) is 11.5 Å². The van der Waals surface area contributed by atoms with Gasteiger partial charge in [0.1, 0.15) is 0 Å². The monoisotopic (exact) mass is 377 g/mol. The molecule has 1 aliphatic heterocycles. The lowest BCUT2D eigenvalue weighted by Crippen LogP contribution is -2.37. The van der Waals surface area contributed by atoms with Gasteiger partial charge in [-0.3, -0.25) is 9.78 Å². The molecule has 0 radical (unpaired) electrons. The van der Waals surface area contributed by atoms with Crippen LogP contribution in [0.25, 0.3) is 0 Å². The van der Waals surface area contributed by atoms with Crippen LogP contribution in [0.15, 0.2) is 47.6 Å². The number of ether oxygens (including phenoxy) is 2. The minimum Gasteiger partial charge on any atom is -0.454 e. The van der Waals surface area contributed by atoms with Crippen LogP contribution in [0.2, 0.25) is 0 Å². The van der Waals surface area contributed by atoms with Gasteiger partial charge in [-0.2, -0.15) is 0 Å². The molecule has 0 saturated heterocycles. The lowest BCUT2D eigenvalue weighted by molar-refractivity contribution is -0.129. The number of nitrogens with zero attached hydrogens (tertiary/aromatic N) is 2. The molecule has 138 valence electrons. The summed E-state index contributed by atoms with van der Waals surface area (Å²) in [5.74, 6) is 0.772. The number of hydrogen-bond donors (Lipinski definition) is 1. The van der Waals surface area contributed by atoms with Gasteiger partial charge < -0.3 is 14.4 Å². The van der Waals surface area contributed by atoms with Gasteiger partial charge in [0.25, 0.3) is 0 Å². The third kappa shape index (κ3) is 4.30. The zero-order chi connectivity index (χ0) is 18.6. The van der Waals surface area contributed by atoms with Crippen molar-refractivity contribution >= 4 is 15.9 Å². The highest BCUT2D eigenvalue weighted by molar-refractivity contribution is 7.89. The summed E-state index contributed by atoms with van der Waals surface area (Å²) in [5.41, 5.74) is 0.876. The molecule has 2 heterocycles. The molecule has 1 aromatic heterocycles. The fraction of sp³-hybridized carbons (Fsp3) is 0.294. The number of hydrogen-bond acceptors (Lipinski definition) is 6. The third-order valence-corrected chi connectivity index (χ3v) is 5.33. The van der Waals surface area contributed by atoms with Gasteiger partial charge in [0.15, 0.2) is 11.5 Å². The molecule has 0 aliphatic carbocycles. The van der Waals surface area contributed by atoms with E-state index in [9.17, 15) is 13.2 Å². The van der Waals surface area contributed by atoms with E-state index in [0.717, 1.165) is 5.56 Å². The van der Waals surface area contributed by atoms with E-state index < -0.39 is 10.0 Å². The van der Waals surface area contributed by atoms with E-state index in [0.29, 0.717) is 18.0 Å². The molecule has 8 nitrogen and oxygen atoms in total. The van der Waals surface area contributed by atoms with Gasteiger partial charge in [0.05, 0.1) is 4.90 Å². The van der Waals surface area contributed by atoms with Crippen LogP contribution in [0, 0.1) is 0 Å². The van der Waals surface area contributed by atoms with Crippen molar-refractivity contribution < 1.29 is 22.7 Å². The van der Waals surface area contributed by atoms with Gasteiger partial charge in [-0.15, -0.1) is 0 Å². The van der Waals surface area contributed by atoms with Crippen molar-refractivity contribution in [3.8, 4) is 11.5 Å². The Kier molecular flexibility index (Phi) is 5.38. The average molecular weight is 377 g/mol. The first-order valence-corrected chi connectivity index (χ1v) is 9.48. The second kappa shape index (κ2) is 7.71. The first-order chi connectivity index (χ1) is 12.5. The quantitative estimate of drug-likeness (QED) is 0.777. The average Bonchev–Trinajstić information content (AvgIpc) is 3.09. The molecule has 2 aromatic rings. The maximum absolute atomic E-state index is 12.4. The molecule has 26 heavy (non-hydrogen) atoms. The van der Waals surface area contributed by atoms with E-state index in [4.69, 9.17) is 9.47 Å². The minimum absolute atomic E-state index is 0.0776. The number of aromatic nitrogens is 1. The molecule has 0 bridgehead atoms. The number of sulfonamides is 1. The van der Waals surface area contributed by atoms with Crippen molar-refractivity contribution in [1.29, 1.82) is 0 Å². The number of pyridine rings is 1. The Hall–Kier alpha value is -2.65. The molecule has 1 N–H and O–H groups in total. The SMILES string of the molecule is CC(=O)N(CCNS(=O)(=O)c1ccc2c(c1)OCO2)Cc1cccnc1. The minimum atomic E-state index is -3.71. The molecule has 1 amide bonds. The maximum atomic E-state index is 12.4. The summed E-state index contributed by atoms with van der Waals surface area (Å²) < 4.78 is 37.7. The Morgan fingerprint density at radius 3 is 2.81 bits per heavy atom. The lowest BCUT2D eigenvalue weighted by Gasteiger charge is -2.21. The summed E-state index contributed by atoms with van der Waals surface area (Å²) >= 11 is 0. The van der Waals surface area contributed by atoms with E-state index in [2.05, 4.69) is 9.71 Å². The number of benzene rings is 1. The van der Waals surface area contributed by atoms with Gasteiger partial charge in [0.2, 0.25) is 22.7 Å².